The Labute approximate surface area is 204 Å². The van der Waals surface area contributed by atoms with Crippen molar-refractivity contribution in [3.8, 4) is 0 Å². The summed E-state index contributed by atoms with van der Waals surface area (Å²) in [5.74, 6) is 0.0884. The fraction of sp³-hybridized carbons (Fsp3) is 0.792. The minimum Gasteiger partial charge on any atom is -0.394 e. The number of rotatable bonds is 8. The van der Waals surface area contributed by atoms with Crippen LogP contribution in [-0.2, 0) is 23.7 Å². The van der Waals surface area contributed by atoms with Gasteiger partial charge in [0.15, 0.2) is 18.4 Å². The summed E-state index contributed by atoms with van der Waals surface area (Å²) in [5, 5.41) is 60.4. The van der Waals surface area contributed by atoms with E-state index in [1.54, 1.807) is 19.1 Å². The third kappa shape index (κ3) is 6.02. The highest BCUT2D eigenvalue weighted by Crippen LogP contribution is 2.40. The Morgan fingerprint density at radius 3 is 2.46 bits per heavy atom. The molecule has 0 bridgehead atoms. The van der Waals surface area contributed by atoms with E-state index in [2.05, 4.69) is 0 Å². The highest BCUT2D eigenvalue weighted by atomic mass is 16.8. The van der Waals surface area contributed by atoms with Crippen molar-refractivity contribution in [3.63, 3.8) is 0 Å². The first-order valence-corrected chi connectivity index (χ1v) is 11.8. The van der Waals surface area contributed by atoms with Crippen molar-refractivity contribution in [3.05, 3.63) is 23.8 Å². The van der Waals surface area contributed by atoms with Crippen LogP contribution in [0, 0.1) is 11.3 Å². The second kappa shape index (κ2) is 11.0. The molecule has 200 valence electrons. The maximum absolute atomic E-state index is 11.9. The van der Waals surface area contributed by atoms with E-state index in [4.69, 9.17) is 18.9 Å². The van der Waals surface area contributed by atoms with Crippen molar-refractivity contribution in [1.29, 1.82) is 0 Å². The van der Waals surface area contributed by atoms with Gasteiger partial charge in [0, 0.05) is 12.3 Å². The first-order valence-electron chi connectivity index (χ1n) is 11.8. The lowest BCUT2D eigenvalue weighted by atomic mass is 9.68. The van der Waals surface area contributed by atoms with E-state index >= 15 is 0 Å². The van der Waals surface area contributed by atoms with Crippen LogP contribution in [0.2, 0.25) is 0 Å². The van der Waals surface area contributed by atoms with E-state index in [0.717, 1.165) is 5.57 Å². The van der Waals surface area contributed by atoms with Crippen molar-refractivity contribution in [2.45, 2.75) is 88.9 Å². The zero-order chi connectivity index (χ0) is 26.1. The maximum atomic E-state index is 11.9. The Kier molecular flexibility index (Phi) is 8.91. The van der Waals surface area contributed by atoms with Gasteiger partial charge in [-0.25, -0.2) is 0 Å². The largest absolute Gasteiger partial charge is 0.394 e. The Hall–Kier alpha value is -1.25. The number of aliphatic hydroxyl groups is 6. The molecular formula is C24H38O11. The predicted molar refractivity (Wildman–Crippen MR) is 121 cm³/mol. The molecule has 0 spiro atoms. The van der Waals surface area contributed by atoms with Crippen LogP contribution in [-0.4, -0.2) is 111 Å². The molecule has 1 aliphatic carbocycles. The number of allylic oxidation sites excluding steroid dienone is 3. The molecule has 11 nitrogen and oxygen atoms in total. The minimum atomic E-state index is -1.94. The Bertz CT molecular complexity index is 811. The van der Waals surface area contributed by atoms with Crippen molar-refractivity contribution < 1.29 is 54.4 Å². The summed E-state index contributed by atoms with van der Waals surface area (Å²) >= 11 is 0. The van der Waals surface area contributed by atoms with Gasteiger partial charge in [-0.05, 0) is 25.3 Å². The minimum absolute atomic E-state index is 0.00127. The van der Waals surface area contributed by atoms with Gasteiger partial charge in [-0.2, -0.15) is 0 Å². The van der Waals surface area contributed by atoms with Gasteiger partial charge >= 0.3 is 0 Å². The molecule has 11 heteroatoms. The van der Waals surface area contributed by atoms with Crippen molar-refractivity contribution >= 4 is 5.78 Å². The summed E-state index contributed by atoms with van der Waals surface area (Å²) in [6.07, 6.45) is -4.70. The van der Waals surface area contributed by atoms with Gasteiger partial charge in [0.1, 0.15) is 36.1 Å². The molecular weight excluding hydrogens is 464 g/mol. The first kappa shape index (κ1) is 28.3. The van der Waals surface area contributed by atoms with Crippen LogP contribution >= 0.6 is 0 Å². The van der Waals surface area contributed by atoms with Crippen LogP contribution < -0.4 is 0 Å². The van der Waals surface area contributed by atoms with Crippen molar-refractivity contribution in [2.24, 2.45) is 11.3 Å². The van der Waals surface area contributed by atoms with Crippen molar-refractivity contribution in [1.82, 2.24) is 0 Å². The topological polar surface area (TPSA) is 175 Å². The SMILES string of the molecule is CC1=CC(=O)CC(C)(C)[C@@H]1/C=C/[C@H](C)O[C@@H]1O[C@H](CO)[C@@H](O)[C@H](O)[C@H]1O[C@@H]1OC[C@](O)(CO)[C@H]1O. The summed E-state index contributed by atoms with van der Waals surface area (Å²) in [5.41, 5.74) is -1.28. The van der Waals surface area contributed by atoms with Gasteiger partial charge in [-0.15, -0.1) is 0 Å². The van der Waals surface area contributed by atoms with Crippen LogP contribution in [0.1, 0.15) is 34.1 Å². The molecule has 0 aromatic carbocycles. The van der Waals surface area contributed by atoms with Gasteiger partial charge in [0.05, 0.1) is 25.9 Å². The normalized spacial score (nSPS) is 42.9. The van der Waals surface area contributed by atoms with E-state index in [1.165, 1.54) is 0 Å². The monoisotopic (exact) mass is 502 g/mol. The van der Waals surface area contributed by atoms with Gasteiger partial charge in [-0.3, -0.25) is 4.79 Å². The molecule has 3 rings (SSSR count). The van der Waals surface area contributed by atoms with Crippen LogP contribution in [0.3, 0.4) is 0 Å². The number of hydrogen-bond donors (Lipinski definition) is 6. The van der Waals surface area contributed by atoms with Gasteiger partial charge < -0.3 is 49.6 Å². The molecule has 2 aliphatic heterocycles. The Balaban J connectivity index is 1.74. The highest BCUT2D eigenvalue weighted by molar-refractivity contribution is 5.92. The van der Waals surface area contributed by atoms with Gasteiger partial charge in [-0.1, -0.05) is 31.6 Å². The second-order valence-electron chi connectivity index (χ2n) is 10.4. The van der Waals surface area contributed by atoms with Crippen LogP contribution in [0.5, 0.6) is 0 Å². The number of carbonyl (C=O) groups is 1. The average molecular weight is 503 g/mol. The number of aliphatic hydroxyl groups excluding tert-OH is 5. The van der Waals surface area contributed by atoms with E-state index in [-0.39, 0.29) is 17.1 Å². The fourth-order valence-electron chi connectivity index (χ4n) is 4.88. The zero-order valence-corrected chi connectivity index (χ0v) is 20.5. The molecule has 6 N–H and O–H groups in total. The highest BCUT2D eigenvalue weighted by Gasteiger charge is 2.53. The molecule has 3 aliphatic rings. The predicted octanol–water partition coefficient (Wildman–Crippen LogP) is -1.23. The van der Waals surface area contributed by atoms with Crippen LogP contribution in [0.25, 0.3) is 0 Å². The Morgan fingerprint density at radius 1 is 1.20 bits per heavy atom. The quantitative estimate of drug-likeness (QED) is 0.219. The lowest BCUT2D eigenvalue weighted by Crippen LogP contribution is -2.61. The molecule has 2 fully saturated rings. The molecule has 0 aromatic heterocycles. The second-order valence-corrected chi connectivity index (χ2v) is 10.4. The summed E-state index contributed by atoms with van der Waals surface area (Å²) in [7, 11) is 0. The molecule has 0 amide bonds. The number of hydrogen-bond acceptors (Lipinski definition) is 11. The molecule has 0 radical (unpaired) electrons. The zero-order valence-electron chi connectivity index (χ0n) is 20.5. The summed E-state index contributed by atoms with van der Waals surface area (Å²) in [6.45, 7) is 5.89. The molecule has 0 unspecified atom stereocenters. The molecule has 2 saturated heterocycles. The maximum Gasteiger partial charge on any atom is 0.187 e. The first-order chi connectivity index (χ1) is 16.3. The number of ether oxygens (including phenoxy) is 4. The Morgan fingerprint density at radius 2 is 1.89 bits per heavy atom. The number of ketones is 1. The molecule has 10 atom stereocenters. The molecule has 0 aromatic rings. The van der Waals surface area contributed by atoms with E-state index in [0.29, 0.717) is 6.42 Å². The smallest absolute Gasteiger partial charge is 0.187 e. The summed E-state index contributed by atoms with van der Waals surface area (Å²) < 4.78 is 22.5. The molecule has 35 heavy (non-hydrogen) atoms. The summed E-state index contributed by atoms with van der Waals surface area (Å²) in [6, 6.07) is 0. The standard InChI is InChI=1S/C24H38O11/c1-12-7-14(27)8-23(3,4)15(12)6-5-13(2)33-21-19(18(29)17(28)16(9-25)34-21)35-22-20(30)24(31,10-26)11-32-22/h5-7,13,15-22,25-26,28-31H,8-11H2,1-4H3/b6-5+/t13-,15+,16+,17+,18-,19+,20-,21+,22-,24+/m0/s1. The third-order valence-electron chi connectivity index (χ3n) is 6.97. The van der Waals surface area contributed by atoms with E-state index in [9.17, 15) is 35.4 Å². The van der Waals surface area contributed by atoms with Gasteiger partial charge in [0.2, 0.25) is 0 Å². The molecule has 2 heterocycles. The third-order valence-corrected chi connectivity index (χ3v) is 6.97. The van der Waals surface area contributed by atoms with Crippen molar-refractivity contribution in [2.75, 3.05) is 19.8 Å². The molecule has 0 saturated carbocycles. The van der Waals surface area contributed by atoms with Crippen LogP contribution in [0.4, 0.5) is 0 Å². The van der Waals surface area contributed by atoms with Crippen LogP contribution in [0.15, 0.2) is 23.8 Å². The summed E-state index contributed by atoms with van der Waals surface area (Å²) in [4.78, 5) is 11.9. The lowest BCUT2D eigenvalue weighted by molar-refractivity contribution is -0.339. The van der Waals surface area contributed by atoms with E-state index < -0.39 is 74.6 Å². The lowest BCUT2D eigenvalue weighted by Gasteiger charge is -2.43. The average Bonchev–Trinajstić information content (AvgIpc) is 3.06. The number of carbonyl (C=O) groups excluding carboxylic acids is 1. The fourth-order valence-corrected chi connectivity index (χ4v) is 4.88. The van der Waals surface area contributed by atoms with E-state index in [1.807, 2.05) is 26.8 Å². The van der Waals surface area contributed by atoms with Gasteiger partial charge in [0.25, 0.3) is 0 Å².